The van der Waals surface area contributed by atoms with Gasteiger partial charge in [-0.05, 0) is 61.1 Å². The number of aromatic nitrogens is 1. The first kappa shape index (κ1) is 14.7. The van der Waals surface area contributed by atoms with Crippen molar-refractivity contribution in [3.05, 3.63) is 59.4 Å². The number of pyridine rings is 1. The van der Waals surface area contributed by atoms with Crippen molar-refractivity contribution in [1.82, 2.24) is 9.88 Å². The Morgan fingerprint density at radius 3 is 2.65 bits per heavy atom. The zero-order chi connectivity index (χ0) is 15.5. The Kier molecular flexibility index (Phi) is 4.29. The summed E-state index contributed by atoms with van der Waals surface area (Å²) < 4.78 is 5.93. The normalized spacial score (nSPS) is 18.8. The quantitative estimate of drug-likeness (QED) is 0.862. The molecule has 1 aliphatic heterocycles. The second kappa shape index (κ2) is 6.71. The lowest BCUT2D eigenvalue weighted by Gasteiger charge is -2.36. The molecular formula is C20H24N2O. The van der Waals surface area contributed by atoms with E-state index in [1.165, 1.54) is 49.9 Å². The summed E-state index contributed by atoms with van der Waals surface area (Å²) in [5, 5.41) is 0. The number of ether oxygens (including phenoxy) is 1. The van der Waals surface area contributed by atoms with Gasteiger partial charge in [0.15, 0.2) is 0 Å². The van der Waals surface area contributed by atoms with Gasteiger partial charge in [0.25, 0.3) is 0 Å². The molecule has 0 N–H and O–H groups in total. The molecule has 2 aliphatic rings. The van der Waals surface area contributed by atoms with Crippen molar-refractivity contribution >= 4 is 0 Å². The Balaban J connectivity index is 1.41. The minimum Gasteiger partial charge on any atom is -0.487 e. The van der Waals surface area contributed by atoms with Crippen molar-refractivity contribution in [1.29, 1.82) is 0 Å². The van der Waals surface area contributed by atoms with Gasteiger partial charge in [-0.15, -0.1) is 0 Å². The zero-order valence-corrected chi connectivity index (χ0v) is 13.6. The number of nitrogens with zero attached hydrogens (tertiary/aromatic N) is 2. The maximum Gasteiger partial charge on any atom is 0.130 e. The molecule has 1 aliphatic carbocycles. The predicted octanol–water partition coefficient (Wildman–Crippen LogP) is 3.61. The monoisotopic (exact) mass is 308 g/mol. The summed E-state index contributed by atoms with van der Waals surface area (Å²) in [5.41, 5.74) is 3.93. The van der Waals surface area contributed by atoms with Crippen molar-refractivity contribution in [3.63, 3.8) is 0 Å². The molecule has 0 saturated heterocycles. The maximum atomic E-state index is 5.93. The molecule has 2 heterocycles. The van der Waals surface area contributed by atoms with Gasteiger partial charge < -0.3 is 4.74 Å². The summed E-state index contributed by atoms with van der Waals surface area (Å²) in [6.45, 7) is 2.95. The Morgan fingerprint density at radius 2 is 1.91 bits per heavy atom. The fraction of sp³-hybridized carbons (Fsp3) is 0.450. The maximum absolute atomic E-state index is 5.93. The Morgan fingerprint density at radius 1 is 1.04 bits per heavy atom. The van der Waals surface area contributed by atoms with Gasteiger partial charge >= 0.3 is 0 Å². The molecule has 23 heavy (non-hydrogen) atoms. The minimum absolute atomic E-state index is 0.536. The van der Waals surface area contributed by atoms with Crippen LogP contribution in [0, 0.1) is 0 Å². The first-order chi connectivity index (χ1) is 11.4. The summed E-state index contributed by atoms with van der Waals surface area (Å²) in [4.78, 5) is 7.00. The van der Waals surface area contributed by atoms with Crippen molar-refractivity contribution in [2.24, 2.45) is 0 Å². The van der Waals surface area contributed by atoms with Crippen LogP contribution in [0.15, 0.2) is 42.6 Å². The Bertz CT molecular complexity index is 652. The van der Waals surface area contributed by atoms with Gasteiger partial charge in [-0.25, -0.2) is 0 Å². The molecule has 1 fully saturated rings. The van der Waals surface area contributed by atoms with E-state index in [-0.39, 0.29) is 0 Å². The molecular weight excluding hydrogens is 284 g/mol. The molecule has 4 rings (SSSR count). The van der Waals surface area contributed by atoms with Gasteiger partial charge in [0, 0.05) is 25.3 Å². The van der Waals surface area contributed by atoms with Gasteiger partial charge in [0.05, 0.1) is 5.69 Å². The molecule has 0 spiro atoms. The number of fused-ring (bicyclic) bond motifs is 1. The third-order valence-corrected chi connectivity index (χ3v) is 5.22. The van der Waals surface area contributed by atoms with Gasteiger partial charge in [-0.1, -0.05) is 18.6 Å². The topological polar surface area (TPSA) is 25.4 Å². The van der Waals surface area contributed by atoms with Crippen LogP contribution >= 0.6 is 0 Å². The van der Waals surface area contributed by atoms with E-state index in [2.05, 4.69) is 28.1 Å². The molecule has 120 valence electrons. The fourth-order valence-electron chi connectivity index (χ4n) is 3.57. The zero-order valence-electron chi connectivity index (χ0n) is 13.6. The van der Waals surface area contributed by atoms with Crippen LogP contribution in [-0.4, -0.2) is 29.0 Å². The third-order valence-electron chi connectivity index (χ3n) is 5.22. The van der Waals surface area contributed by atoms with E-state index in [1.807, 2.05) is 24.4 Å². The summed E-state index contributed by atoms with van der Waals surface area (Å²) >= 11 is 0. The van der Waals surface area contributed by atoms with Gasteiger partial charge in [0.1, 0.15) is 12.4 Å². The molecule has 0 bridgehead atoms. The van der Waals surface area contributed by atoms with Gasteiger partial charge in [-0.2, -0.15) is 0 Å². The summed E-state index contributed by atoms with van der Waals surface area (Å²) in [7, 11) is 0. The number of benzene rings is 1. The summed E-state index contributed by atoms with van der Waals surface area (Å²) in [6.07, 6.45) is 8.34. The molecule has 3 nitrogen and oxygen atoms in total. The fourth-order valence-corrected chi connectivity index (χ4v) is 3.57. The highest BCUT2D eigenvalue weighted by molar-refractivity contribution is 5.37. The molecule has 0 amide bonds. The van der Waals surface area contributed by atoms with E-state index in [0.29, 0.717) is 6.61 Å². The molecule has 0 radical (unpaired) electrons. The third kappa shape index (κ3) is 3.40. The highest BCUT2D eigenvalue weighted by Gasteiger charge is 2.26. The predicted molar refractivity (Wildman–Crippen MR) is 91.6 cm³/mol. The van der Waals surface area contributed by atoms with Crippen molar-refractivity contribution < 1.29 is 4.74 Å². The van der Waals surface area contributed by atoms with Crippen molar-refractivity contribution in [2.75, 3.05) is 13.1 Å². The Labute approximate surface area is 138 Å². The highest BCUT2D eigenvalue weighted by atomic mass is 16.5. The molecule has 1 aromatic heterocycles. The van der Waals surface area contributed by atoms with Gasteiger partial charge in [0.2, 0.25) is 0 Å². The van der Waals surface area contributed by atoms with Crippen LogP contribution in [0.4, 0.5) is 0 Å². The highest BCUT2D eigenvalue weighted by Crippen LogP contribution is 2.28. The smallest absolute Gasteiger partial charge is 0.130 e. The average Bonchev–Trinajstić information content (AvgIpc) is 2.75. The van der Waals surface area contributed by atoms with Crippen LogP contribution in [-0.2, 0) is 19.4 Å². The minimum atomic E-state index is 0.536. The lowest BCUT2D eigenvalue weighted by atomic mass is 9.91. The molecule has 3 heteroatoms. The van der Waals surface area contributed by atoms with E-state index in [0.717, 1.165) is 23.9 Å². The van der Waals surface area contributed by atoms with E-state index < -0.39 is 0 Å². The van der Waals surface area contributed by atoms with E-state index in [4.69, 9.17) is 4.74 Å². The van der Waals surface area contributed by atoms with E-state index in [9.17, 15) is 0 Å². The Hall–Kier alpha value is -1.87. The van der Waals surface area contributed by atoms with Crippen LogP contribution in [0.25, 0.3) is 0 Å². The van der Waals surface area contributed by atoms with Crippen molar-refractivity contribution in [3.8, 4) is 5.75 Å². The number of hydrogen-bond acceptors (Lipinski definition) is 3. The first-order valence-corrected chi connectivity index (χ1v) is 8.77. The van der Waals surface area contributed by atoms with Crippen LogP contribution in [0.2, 0.25) is 0 Å². The first-order valence-electron chi connectivity index (χ1n) is 8.77. The van der Waals surface area contributed by atoms with Crippen LogP contribution in [0.3, 0.4) is 0 Å². The average molecular weight is 308 g/mol. The molecule has 0 unspecified atom stereocenters. The van der Waals surface area contributed by atoms with Crippen LogP contribution in [0.1, 0.15) is 36.1 Å². The lowest BCUT2D eigenvalue weighted by Crippen LogP contribution is -2.41. The standard InChI is InChI=1S/C20H24N2O/c1-2-11-21-18(4-1)15-23-20-8-7-16-9-12-22(19-5-3-6-19)13-10-17(16)14-20/h1-2,4,7-8,11,14,19H,3,5-6,9-10,12-13,15H2. The lowest BCUT2D eigenvalue weighted by molar-refractivity contribution is 0.133. The second-order valence-corrected chi connectivity index (χ2v) is 6.66. The molecule has 1 saturated carbocycles. The second-order valence-electron chi connectivity index (χ2n) is 6.66. The van der Waals surface area contributed by atoms with E-state index >= 15 is 0 Å². The number of hydrogen-bond donors (Lipinski definition) is 0. The van der Waals surface area contributed by atoms with Crippen LogP contribution < -0.4 is 4.74 Å². The van der Waals surface area contributed by atoms with Crippen molar-refractivity contribution in [2.45, 2.75) is 44.8 Å². The summed E-state index contributed by atoms with van der Waals surface area (Å²) in [5.74, 6) is 0.964. The largest absolute Gasteiger partial charge is 0.487 e. The van der Waals surface area contributed by atoms with E-state index in [1.54, 1.807) is 0 Å². The molecule has 0 atom stereocenters. The van der Waals surface area contributed by atoms with Crippen LogP contribution in [0.5, 0.6) is 5.75 Å². The SMILES string of the molecule is c1ccc(COc2ccc3c(c2)CCN(C2CCC2)CC3)nc1. The van der Waals surface area contributed by atoms with Gasteiger partial charge in [-0.3, -0.25) is 9.88 Å². The summed E-state index contributed by atoms with van der Waals surface area (Å²) in [6, 6.07) is 13.4. The number of rotatable bonds is 4. The molecule has 1 aromatic carbocycles. The molecule has 2 aromatic rings.